The monoisotopic (exact) mass is 431 g/mol. The van der Waals surface area contributed by atoms with Crippen molar-refractivity contribution in [1.29, 1.82) is 5.26 Å². The normalized spacial score (nSPS) is 10.7. The Kier molecular flexibility index (Phi) is 5.11. The highest BCUT2D eigenvalue weighted by molar-refractivity contribution is 9.10. The highest BCUT2D eigenvalue weighted by atomic mass is 79.9. The molecule has 0 aliphatic heterocycles. The average Bonchev–Trinajstić information content (AvgIpc) is 2.98. The van der Waals surface area contributed by atoms with Crippen LogP contribution >= 0.6 is 27.3 Å². The summed E-state index contributed by atoms with van der Waals surface area (Å²) in [4.78, 5) is 17.5. The van der Waals surface area contributed by atoms with Crippen LogP contribution in [-0.2, 0) is 0 Å². The van der Waals surface area contributed by atoms with E-state index in [9.17, 15) is 15.2 Å². The molecular formula is C18H14BrN3O3S. The third kappa shape index (κ3) is 3.64. The summed E-state index contributed by atoms with van der Waals surface area (Å²) in [5.41, 5.74) is 1.29. The average molecular weight is 432 g/mol. The topological polar surface area (TPSA) is 86.5 Å². The van der Waals surface area contributed by atoms with E-state index in [0.29, 0.717) is 16.8 Å². The van der Waals surface area contributed by atoms with Gasteiger partial charge in [-0.2, -0.15) is 5.26 Å². The fraction of sp³-hybridized carbons (Fsp3) is 0.167. The number of hydrogen-bond donors (Lipinski definition) is 1. The number of benzene rings is 2. The van der Waals surface area contributed by atoms with Crippen LogP contribution in [0.1, 0.15) is 19.4 Å². The van der Waals surface area contributed by atoms with Gasteiger partial charge >= 0.3 is 6.09 Å². The lowest BCUT2D eigenvalue weighted by molar-refractivity contribution is 0.203. The van der Waals surface area contributed by atoms with Crippen LogP contribution in [0.2, 0.25) is 0 Å². The highest BCUT2D eigenvalue weighted by Gasteiger charge is 2.25. The Balaban J connectivity index is 2.18. The summed E-state index contributed by atoms with van der Waals surface area (Å²) < 4.78 is 7.46. The van der Waals surface area contributed by atoms with E-state index in [1.54, 1.807) is 12.1 Å². The summed E-state index contributed by atoms with van der Waals surface area (Å²) in [6.07, 6.45) is -1.35. The van der Waals surface area contributed by atoms with E-state index in [-0.39, 0.29) is 16.9 Å². The molecule has 0 radical (unpaired) electrons. The van der Waals surface area contributed by atoms with Crippen LogP contribution in [0, 0.1) is 11.3 Å². The fourth-order valence-corrected chi connectivity index (χ4v) is 3.69. The van der Waals surface area contributed by atoms with Gasteiger partial charge in [0.25, 0.3) is 0 Å². The van der Waals surface area contributed by atoms with Crippen molar-refractivity contribution < 1.29 is 14.6 Å². The molecule has 0 fully saturated rings. The minimum atomic E-state index is -1.20. The molecule has 1 heterocycles. The Morgan fingerprint density at radius 1 is 1.35 bits per heavy atom. The Bertz CT molecular complexity index is 1030. The lowest BCUT2D eigenvalue weighted by atomic mass is 10.2. The number of halogens is 1. The maximum atomic E-state index is 12.0. The Morgan fingerprint density at radius 3 is 2.77 bits per heavy atom. The molecule has 1 amide bonds. The number of fused-ring (bicyclic) bond motifs is 1. The zero-order chi connectivity index (χ0) is 18.8. The molecule has 8 heteroatoms. The number of amides is 1. The van der Waals surface area contributed by atoms with E-state index >= 15 is 0 Å². The van der Waals surface area contributed by atoms with Crippen LogP contribution in [0.15, 0.2) is 40.9 Å². The van der Waals surface area contributed by atoms with Crippen LogP contribution < -0.4 is 9.64 Å². The Labute approximate surface area is 162 Å². The van der Waals surface area contributed by atoms with Gasteiger partial charge < -0.3 is 9.84 Å². The molecule has 26 heavy (non-hydrogen) atoms. The molecule has 0 unspecified atom stereocenters. The first-order valence-corrected chi connectivity index (χ1v) is 9.30. The molecule has 6 nitrogen and oxygen atoms in total. The predicted molar refractivity (Wildman–Crippen MR) is 104 cm³/mol. The molecule has 3 aromatic rings. The second kappa shape index (κ2) is 7.32. The number of thiazole rings is 1. The second-order valence-electron chi connectivity index (χ2n) is 5.69. The molecule has 3 rings (SSSR count). The van der Waals surface area contributed by atoms with E-state index in [2.05, 4.69) is 20.9 Å². The van der Waals surface area contributed by atoms with Crippen molar-refractivity contribution in [3.63, 3.8) is 0 Å². The van der Waals surface area contributed by atoms with Crippen LogP contribution in [0.25, 0.3) is 10.2 Å². The van der Waals surface area contributed by atoms with Crippen molar-refractivity contribution in [3.05, 3.63) is 46.4 Å². The summed E-state index contributed by atoms with van der Waals surface area (Å²) in [5, 5.41) is 19.3. The molecule has 0 atom stereocenters. The minimum Gasteiger partial charge on any atom is -0.489 e. The molecule has 0 spiro atoms. The number of carboxylic acid groups (broad SMARTS) is 1. The van der Waals surface area contributed by atoms with E-state index < -0.39 is 6.09 Å². The fourth-order valence-electron chi connectivity index (χ4n) is 2.39. The third-order valence-corrected chi connectivity index (χ3v) is 4.93. The van der Waals surface area contributed by atoms with Crippen LogP contribution in [0.5, 0.6) is 5.75 Å². The first-order valence-electron chi connectivity index (χ1n) is 7.69. The van der Waals surface area contributed by atoms with Gasteiger partial charge in [0, 0.05) is 4.47 Å². The molecule has 0 bridgehead atoms. The lowest BCUT2D eigenvalue weighted by Crippen LogP contribution is -2.24. The number of nitriles is 1. The van der Waals surface area contributed by atoms with Gasteiger partial charge in [0.1, 0.15) is 5.75 Å². The molecule has 0 aliphatic rings. The predicted octanol–water partition coefficient (Wildman–Crippen LogP) is 5.53. The van der Waals surface area contributed by atoms with Gasteiger partial charge in [-0.25, -0.2) is 14.7 Å². The van der Waals surface area contributed by atoms with Crippen molar-refractivity contribution in [2.45, 2.75) is 20.0 Å². The standard InChI is InChI=1S/C18H14BrN3O3S/c1-10(2)25-15-5-3-11(9-20)7-14(15)22(18(23)24)17-21-13-8-12(19)4-6-16(13)26-17/h3-8,10H,1-2H3,(H,23,24). The van der Waals surface area contributed by atoms with Crippen LogP contribution in [-0.4, -0.2) is 22.3 Å². The number of carbonyl (C=O) groups is 1. The van der Waals surface area contributed by atoms with Gasteiger partial charge in [0.15, 0.2) is 0 Å². The van der Waals surface area contributed by atoms with E-state index in [1.165, 1.54) is 17.4 Å². The maximum Gasteiger partial charge on any atom is 0.418 e. The zero-order valence-corrected chi connectivity index (χ0v) is 16.3. The number of nitrogens with zero attached hydrogens (tertiary/aromatic N) is 3. The molecule has 1 N–H and O–H groups in total. The van der Waals surface area contributed by atoms with Gasteiger partial charge in [-0.1, -0.05) is 27.3 Å². The first-order chi connectivity index (χ1) is 12.4. The quantitative estimate of drug-likeness (QED) is 0.586. The molecule has 2 aromatic carbocycles. The second-order valence-corrected chi connectivity index (χ2v) is 7.61. The number of aromatic nitrogens is 1. The van der Waals surface area contributed by atoms with Gasteiger partial charge in [-0.05, 0) is 50.2 Å². The van der Waals surface area contributed by atoms with Gasteiger partial charge in [-0.3, -0.25) is 0 Å². The summed E-state index contributed by atoms with van der Waals surface area (Å²) in [5.74, 6) is 0.377. The van der Waals surface area contributed by atoms with E-state index in [0.717, 1.165) is 14.1 Å². The smallest absolute Gasteiger partial charge is 0.418 e. The van der Waals surface area contributed by atoms with Gasteiger partial charge in [0.2, 0.25) is 5.13 Å². The van der Waals surface area contributed by atoms with Crippen LogP contribution in [0.4, 0.5) is 15.6 Å². The summed E-state index contributed by atoms with van der Waals surface area (Å²) >= 11 is 4.64. The van der Waals surface area contributed by atoms with Gasteiger partial charge in [0.05, 0.1) is 33.6 Å². The SMILES string of the molecule is CC(C)Oc1ccc(C#N)cc1N(C(=O)O)c1nc2cc(Br)ccc2s1. The molecule has 0 saturated carbocycles. The Morgan fingerprint density at radius 2 is 2.12 bits per heavy atom. The van der Waals surface area contributed by atoms with E-state index in [1.807, 2.05) is 38.1 Å². The molecule has 132 valence electrons. The van der Waals surface area contributed by atoms with E-state index in [4.69, 9.17) is 4.74 Å². The first kappa shape index (κ1) is 18.2. The highest BCUT2D eigenvalue weighted by Crippen LogP contribution is 2.39. The molecule has 0 saturated heterocycles. The molecular weight excluding hydrogens is 418 g/mol. The number of rotatable bonds is 4. The van der Waals surface area contributed by atoms with Crippen LogP contribution in [0.3, 0.4) is 0 Å². The molecule has 0 aliphatic carbocycles. The van der Waals surface area contributed by atoms with Crippen molar-refractivity contribution in [2.75, 3.05) is 4.90 Å². The van der Waals surface area contributed by atoms with Gasteiger partial charge in [-0.15, -0.1) is 0 Å². The Hall–Kier alpha value is -2.63. The maximum absolute atomic E-state index is 12.0. The number of ether oxygens (including phenoxy) is 1. The molecule has 1 aromatic heterocycles. The minimum absolute atomic E-state index is 0.149. The number of hydrogen-bond acceptors (Lipinski definition) is 5. The largest absolute Gasteiger partial charge is 0.489 e. The third-order valence-electron chi connectivity index (χ3n) is 3.41. The zero-order valence-electron chi connectivity index (χ0n) is 13.9. The van der Waals surface area contributed by atoms with Crippen molar-refractivity contribution >= 4 is 54.4 Å². The van der Waals surface area contributed by atoms with Crippen molar-refractivity contribution in [1.82, 2.24) is 4.98 Å². The summed E-state index contributed by atoms with van der Waals surface area (Å²) in [6, 6.07) is 12.3. The summed E-state index contributed by atoms with van der Waals surface area (Å²) in [7, 11) is 0. The number of anilines is 2. The lowest BCUT2D eigenvalue weighted by Gasteiger charge is -2.21. The van der Waals surface area contributed by atoms with Crippen molar-refractivity contribution in [2.24, 2.45) is 0 Å². The summed E-state index contributed by atoms with van der Waals surface area (Å²) in [6.45, 7) is 3.70. The van der Waals surface area contributed by atoms with Crippen molar-refractivity contribution in [3.8, 4) is 11.8 Å².